The van der Waals surface area contributed by atoms with Gasteiger partial charge >= 0.3 is 0 Å². The van der Waals surface area contributed by atoms with Crippen molar-refractivity contribution < 1.29 is 9.53 Å². The van der Waals surface area contributed by atoms with Crippen LogP contribution in [0.3, 0.4) is 0 Å². The maximum Gasteiger partial charge on any atom is 0.219 e. The number of hydrogen-bond donors (Lipinski definition) is 2. The van der Waals surface area contributed by atoms with Gasteiger partial charge in [-0.1, -0.05) is 19.3 Å². The zero-order valence-corrected chi connectivity index (χ0v) is 20.6. The first-order valence-corrected chi connectivity index (χ1v) is 11.2. The number of morpholine rings is 1. The highest BCUT2D eigenvalue weighted by molar-refractivity contribution is 14.0. The molecular formula is C21H40IN5O2. The number of hydrogen-bond acceptors (Lipinski definition) is 4. The SMILES string of the molecule is CN=C(NCC1CCN(C(C)=O)CC1)NCC1(N2CCOCC2)CCCCC1.I. The van der Waals surface area contributed by atoms with Gasteiger partial charge in [0.05, 0.1) is 13.2 Å². The Hall–Kier alpha value is -0.610. The number of amides is 1. The van der Waals surface area contributed by atoms with Crippen LogP contribution in [-0.4, -0.2) is 86.7 Å². The maximum absolute atomic E-state index is 11.5. The van der Waals surface area contributed by atoms with E-state index in [9.17, 15) is 4.79 Å². The van der Waals surface area contributed by atoms with E-state index in [-0.39, 0.29) is 35.4 Å². The average Bonchev–Trinajstić information content (AvgIpc) is 2.75. The van der Waals surface area contributed by atoms with Gasteiger partial charge in [-0.25, -0.2) is 0 Å². The van der Waals surface area contributed by atoms with Gasteiger partial charge in [0.2, 0.25) is 5.91 Å². The Morgan fingerprint density at radius 1 is 1.07 bits per heavy atom. The lowest BCUT2D eigenvalue weighted by Crippen LogP contribution is -2.60. The topological polar surface area (TPSA) is 69.2 Å². The largest absolute Gasteiger partial charge is 0.379 e. The second kappa shape index (κ2) is 12.3. The number of ether oxygens (including phenoxy) is 1. The van der Waals surface area contributed by atoms with E-state index in [1.165, 1.54) is 32.1 Å². The van der Waals surface area contributed by atoms with Crippen molar-refractivity contribution in [1.29, 1.82) is 0 Å². The highest BCUT2D eigenvalue weighted by atomic mass is 127. The third-order valence-corrected chi connectivity index (χ3v) is 6.89. The normalized spacial score (nSPS) is 23.9. The second-order valence-electron chi connectivity index (χ2n) is 8.64. The summed E-state index contributed by atoms with van der Waals surface area (Å²) in [5, 5.41) is 7.17. The molecule has 1 aliphatic carbocycles. The summed E-state index contributed by atoms with van der Waals surface area (Å²) in [7, 11) is 1.86. The summed E-state index contributed by atoms with van der Waals surface area (Å²) in [5.74, 6) is 1.72. The quantitative estimate of drug-likeness (QED) is 0.330. The molecule has 1 saturated carbocycles. The lowest BCUT2D eigenvalue weighted by Gasteiger charge is -2.48. The van der Waals surface area contributed by atoms with E-state index in [0.29, 0.717) is 5.92 Å². The Labute approximate surface area is 193 Å². The molecule has 0 radical (unpaired) electrons. The highest BCUT2D eigenvalue weighted by Crippen LogP contribution is 2.33. The predicted molar refractivity (Wildman–Crippen MR) is 128 cm³/mol. The Bertz CT molecular complexity index is 525. The summed E-state index contributed by atoms with van der Waals surface area (Å²) in [6, 6.07) is 0. The third kappa shape index (κ3) is 6.95. The van der Waals surface area contributed by atoms with E-state index in [2.05, 4.69) is 20.5 Å². The minimum atomic E-state index is 0. The molecule has 0 atom stereocenters. The number of nitrogens with one attached hydrogen (secondary N) is 2. The van der Waals surface area contributed by atoms with Gasteiger partial charge < -0.3 is 20.3 Å². The molecule has 3 rings (SSSR count). The predicted octanol–water partition coefficient (Wildman–Crippen LogP) is 2.06. The van der Waals surface area contributed by atoms with Gasteiger partial charge in [0.15, 0.2) is 5.96 Å². The van der Waals surface area contributed by atoms with Crippen LogP contribution in [0.1, 0.15) is 51.9 Å². The van der Waals surface area contributed by atoms with Crippen LogP contribution in [0.4, 0.5) is 0 Å². The van der Waals surface area contributed by atoms with Gasteiger partial charge in [-0.05, 0) is 31.6 Å². The molecule has 0 aromatic carbocycles. The number of guanidine groups is 1. The van der Waals surface area contributed by atoms with Crippen molar-refractivity contribution in [2.24, 2.45) is 10.9 Å². The summed E-state index contributed by atoms with van der Waals surface area (Å²) in [6.07, 6.45) is 8.67. The van der Waals surface area contributed by atoms with Crippen LogP contribution in [0.5, 0.6) is 0 Å². The first-order chi connectivity index (χ1) is 13.6. The van der Waals surface area contributed by atoms with Gasteiger partial charge in [0, 0.05) is 58.8 Å². The zero-order valence-electron chi connectivity index (χ0n) is 18.3. The smallest absolute Gasteiger partial charge is 0.219 e. The van der Waals surface area contributed by atoms with Gasteiger partial charge in [-0.2, -0.15) is 0 Å². The summed E-state index contributed by atoms with van der Waals surface area (Å²) in [4.78, 5) is 20.6. The number of likely N-dealkylation sites (tertiary alicyclic amines) is 1. The van der Waals surface area contributed by atoms with Crippen molar-refractivity contribution in [3.8, 4) is 0 Å². The van der Waals surface area contributed by atoms with Crippen molar-refractivity contribution >= 4 is 35.8 Å². The number of piperidine rings is 1. The third-order valence-electron chi connectivity index (χ3n) is 6.89. The van der Waals surface area contributed by atoms with Crippen LogP contribution < -0.4 is 10.6 Å². The molecule has 3 fully saturated rings. The Morgan fingerprint density at radius 3 is 2.31 bits per heavy atom. The second-order valence-corrected chi connectivity index (χ2v) is 8.64. The van der Waals surface area contributed by atoms with Crippen LogP contribution in [0.25, 0.3) is 0 Å². The molecule has 2 saturated heterocycles. The fourth-order valence-corrected chi connectivity index (χ4v) is 5.01. The fraction of sp³-hybridized carbons (Fsp3) is 0.905. The van der Waals surface area contributed by atoms with Crippen molar-refractivity contribution in [1.82, 2.24) is 20.4 Å². The molecule has 0 spiro atoms. The van der Waals surface area contributed by atoms with E-state index >= 15 is 0 Å². The van der Waals surface area contributed by atoms with Crippen molar-refractivity contribution in [3.05, 3.63) is 0 Å². The number of aliphatic imine (C=N–C) groups is 1. The first-order valence-electron chi connectivity index (χ1n) is 11.2. The van der Waals surface area contributed by atoms with E-state index < -0.39 is 0 Å². The zero-order chi connectivity index (χ0) is 19.8. The molecule has 29 heavy (non-hydrogen) atoms. The molecule has 7 nitrogen and oxygen atoms in total. The number of carbonyl (C=O) groups excluding carboxylic acids is 1. The number of nitrogens with zero attached hydrogens (tertiary/aromatic N) is 3. The summed E-state index contributed by atoms with van der Waals surface area (Å²) >= 11 is 0. The van der Waals surface area contributed by atoms with Crippen LogP contribution in [0, 0.1) is 5.92 Å². The van der Waals surface area contributed by atoms with Crippen molar-refractivity contribution in [2.45, 2.75) is 57.4 Å². The maximum atomic E-state index is 11.5. The standard InChI is InChI=1S/C21H39N5O2.HI/c1-18(27)25-10-6-19(7-11-25)16-23-20(22-2)24-17-21(8-4-3-5-9-21)26-12-14-28-15-13-26;/h19H,3-17H2,1-2H3,(H2,22,23,24);1H. The van der Waals surface area contributed by atoms with E-state index in [4.69, 9.17) is 4.74 Å². The van der Waals surface area contributed by atoms with Gasteiger partial charge in [0.1, 0.15) is 0 Å². The monoisotopic (exact) mass is 521 g/mol. The lowest BCUT2D eigenvalue weighted by atomic mass is 9.80. The molecule has 0 aromatic heterocycles. The molecule has 168 valence electrons. The summed E-state index contributed by atoms with van der Waals surface area (Å²) < 4.78 is 5.59. The van der Waals surface area contributed by atoms with Crippen molar-refractivity contribution in [3.63, 3.8) is 0 Å². The van der Waals surface area contributed by atoms with Crippen LogP contribution >= 0.6 is 24.0 Å². The average molecular weight is 521 g/mol. The molecular weight excluding hydrogens is 481 g/mol. The van der Waals surface area contributed by atoms with Gasteiger partial charge in [-0.3, -0.25) is 14.7 Å². The minimum Gasteiger partial charge on any atom is -0.379 e. The van der Waals surface area contributed by atoms with E-state index in [0.717, 1.165) is 71.3 Å². The van der Waals surface area contributed by atoms with E-state index in [1.54, 1.807) is 6.92 Å². The molecule has 0 unspecified atom stereocenters. The first kappa shape index (κ1) is 24.7. The molecule has 0 aromatic rings. The number of rotatable bonds is 5. The fourth-order valence-electron chi connectivity index (χ4n) is 5.01. The summed E-state index contributed by atoms with van der Waals surface area (Å²) in [5.41, 5.74) is 0.243. The van der Waals surface area contributed by atoms with Gasteiger partial charge in [-0.15, -0.1) is 24.0 Å². The number of halogens is 1. The van der Waals surface area contributed by atoms with Crippen LogP contribution in [0.2, 0.25) is 0 Å². The van der Waals surface area contributed by atoms with Crippen molar-refractivity contribution in [2.75, 3.05) is 59.5 Å². The Kier molecular flexibility index (Phi) is 10.5. The molecule has 1 amide bonds. The Balaban J connectivity index is 0.00000300. The highest BCUT2D eigenvalue weighted by Gasteiger charge is 2.38. The van der Waals surface area contributed by atoms with Crippen LogP contribution in [-0.2, 0) is 9.53 Å². The summed E-state index contributed by atoms with van der Waals surface area (Å²) in [6.45, 7) is 9.11. The van der Waals surface area contributed by atoms with E-state index in [1.807, 2.05) is 11.9 Å². The van der Waals surface area contributed by atoms with Crippen LogP contribution in [0.15, 0.2) is 4.99 Å². The molecule has 0 bridgehead atoms. The lowest BCUT2D eigenvalue weighted by molar-refractivity contribution is -0.130. The molecule has 2 heterocycles. The minimum absolute atomic E-state index is 0. The Morgan fingerprint density at radius 2 is 1.72 bits per heavy atom. The van der Waals surface area contributed by atoms with Gasteiger partial charge in [0.25, 0.3) is 0 Å². The molecule has 2 aliphatic heterocycles. The molecule has 8 heteroatoms. The molecule has 2 N–H and O–H groups in total. The number of carbonyl (C=O) groups is 1. The molecule has 3 aliphatic rings.